The first kappa shape index (κ1) is 19.2. The molecule has 2 rings (SSSR count). The Kier molecular flexibility index (Phi) is 7.18. The molecule has 0 atom stereocenters. The van der Waals surface area contributed by atoms with Crippen molar-refractivity contribution in [2.75, 3.05) is 44.2 Å². The largest absolute Gasteiger partial charge is 0.379 e. The van der Waals surface area contributed by atoms with E-state index < -0.39 is 11.8 Å². The number of carbonyl (C=O) groups is 2. The van der Waals surface area contributed by atoms with Crippen LogP contribution < -0.4 is 10.2 Å². The van der Waals surface area contributed by atoms with Gasteiger partial charge < -0.3 is 19.9 Å². The van der Waals surface area contributed by atoms with Gasteiger partial charge in [0.15, 0.2) is 0 Å². The van der Waals surface area contributed by atoms with Crippen molar-refractivity contribution in [3.8, 4) is 0 Å². The molecule has 1 fully saturated rings. The second-order valence-corrected chi connectivity index (χ2v) is 6.26. The summed E-state index contributed by atoms with van der Waals surface area (Å²) in [5.74, 6) is -1.40. The van der Waals surface area contributed by atoms with Gasteiger partial charge in [0, 0.05) is 39.3 Å². The maximum Gasteiger partial charge on any atom is 0.312 e. The molecule has 1 aliphatic heterocycles. The van der Waals surface area contributed by atoms with E-state index in [2.05, 4.69) is 5.32 Å². The molecular formula is C18H26FN3O3. The lowest BCUT2D eigenvalue weighted by Gasteiger charge is -2.35. The van der Waals surface area contributed by atoms with E-state index in [0.717, 1.165) is 0 Å². The van der Waals surface area contributed by atoms with Gasteiger partial charge in [-0.3, -0.25) is 9.59 Å². The minimum absolute atomic E-state index is 0.156. The van der Waals surface area contributed by atoms with Crippen LogP contribution in [0.2, 0.25) is 0 Å². The summed E-state index contributed by atoms with van der Waals surface area (Å²) < 4.78 is 19.2. The van der Waals surface area contributed by atoms with Crippen LogP contribution in [0.1, 0.15) is 20.3 Å². The lowest BCUT2D eigenvalue weighted by molar-refractivity contribution is -0.146. The van der Waals surface area contributed by atoms with Crippen LogP contribution in [-0.4, -0.2) is 62.1 Å². The van der Waals surface area contributed by atoms with Crippen molar-refractivity contribution in [3.63, 3.8) is 0 Å². The second kappa shape index (κ2) is 9.36. The predicted molar refractivity (Wildman–Crippen MR) is 93.9 cm³/mol. The molecule has 0 aliphatic carbocycles. The number of hydrogen-bond acceptors (Lipinski definition) is 4. The van der Waals surface area contributed by atoms with Crippen LogP contribution in [0.4, 0.5) is 10.1 Å². The number of rotatable bonds is 6. The van der Waals surface area contributed by atoms with Crippen LogP contribution >= 0.6 is 0 Å². The highest BCUT2D eigenvalue weighted by Gasteiger charge is 2.26. The Hall–Kier alpha value is -2.15. The zero-order valence-corrected chi connectivity index (χ0v) is 14.8. The van der Waals surface area contributed by atoms with Crippen molar-refractivity contribution in [2.45, 2.75) is 26.4 Å². The number of carbonyl (C=O) groups excluding carboxylic acids is 2. The molecule has 0 radical (unpaired) electrons. The summed E-state index contributed by atoms with van der Waals surface area (Å²) >= 11 is 0. The summed E-state index contributed by atoms with van der Waals surface area (Å²) in [6.45, 7) is 6.66. The average Bonchev–Trinajstić information content (AvgIpc) is 2.61. The minimum atomic E-state index is -0.594. The lowest BCUT2D eigenvalue weighted by atomic mass is 10.2. The van der Waals surface area contributed by atoms with Gasteiger partial charge in [-0.25, -0.2) is 4.39 Å². The monoisotopic (exact) mass is 351 g/mol. The van der Waals surface area contributed by atoms with Crippen LogP contribution in [0.25, 0.3) is 0 Å². The molecular weight excluding hydrogens is 325 g/mol. The van der Waals surface area contributed by atoms with Gasteiger partial charge in [0.1, 0.15) is 5.82 Å². The Morgan fingerprint density at radius 2 is 1.88 bits per heavy atom. The Bertz CT molecular complexity index is 587. The van der Waals surface area contributed by atoms with Crippen molar-refractivity contribution in [3.05, 3.63) is 30.1 Å². The van der Waals surface area contributed by atoms with Crippen LogP contribution in [-0.2, 0) is 14.3 Å². The molecule has 1 aliphatic rings. The van der Waals surface area contributed by atoms with Gasteiger partial charge in [0.25, 0.3) is 0 Å². The van der Waals surface area contributed by atoms with Crippen molar-refractivity contribution >= 4 is 17.5 Å². The number of amides is 2. The second-order valence-electron chi connectivity index (χ2n) is 6.26. The van der Waals surface area contributed by atoms with Gasteiger partial charge in [-0.2, -0.15) is 0 Å². The molecule has 1 aromatic carbocycles. The van der Waals surface area contributed by atoms with Gasteiger partial charge >= 0.3 is 11.8 Å². The average molecular weight is 351 g/mol. The van der Waals surface area contributed by atoms with E-state index in [-0.39, 0.29) is 11.9 Å². The fourth-order valence-electron chi connectivity index (χ4n) is 2.67. The van der Waals surface area contributed by atoms with E-state index in [1.165, 1.54) is 11.0 Å². The molecule has 0 spiro atoms. The molecule has 0 unspecified atom stereocenters. The SMILES string of the molecule is CC(C)OCCCNC(=O)C(=O)N1CCN(c2ccccc2F)CC1. The zero-order chi connectivity index (χ0) is 18.2. The smallest absolute Gasteiger partial charge is 0.312 e. The van der Waals surface area contributed by atoms with Gasteiger partial charge in [-0.05, 0) is 32.4 Å². The van der Waals surface area contributed by atoms with Crippen LogP contribution in [0.5, 0.6) is 0 Å². The quantitative estimate of drug-likeness (QED) is 0.622. The molecule has 6 nitrogen and oxygen atoms in total. The number of hydrogen-bond donors (Lipinski definition) is 1. The van der Waals surface area contributed by atoms with E-state index in [4.69, 9.17) is 4.74 Å². The highest BCUT2D eigenvalue weighted by molar-refractivity contribution is 6.35. The maximum atomic E-state index is 13.8. The molecule has 1 aromatic rings. The Morgan fingerprint density at radius 1 is 1.20 bits per heavy atom. The van der Waals surface area contributed by atoms with Crippen LogP contribution in [0.15, 0.2) is 24.3 Å². The van der Waals surface area contributed by atoms with Crippen LogP contribution in [0, 0.1) is 5.82 Å². The van der Waals surface area contributed by atoms with Crippen molar-refractivity contribution in [2.24, 2.45) is 0 Å². The summed E-state index contributed by atoms with van der Waals surface area (Å²) in [5, 5.41) is 2.62. The molecule has 7 heteroatoms. The van der Waals surface area contributed by atoms with E-state index >= 15 is 0 Å². The first-order valence-electron chi connectivity index (χ1n) is 8.67. The van der Waals surface area contributed by atoms with E-state index in [0.29, 0.717) is 51.4 Å². The lowest BCUT2D eigenvalue weighted by Crippen LogP contribution is -2.53. The molecule has 138 valence electrons. The molecule has 0 aromatic heterocycles. The number of anilines is 1. The normalized spacial score (nSPS) is 14.7. The number of halogens is 1. The maximum absolute atomic E-state index is 13.8. The van der Waals surface area contributed by atoms with E-state index in [1.54, 1.807) is 18.2 Å². The molecule has 0 saturated carbocycles. The topological polar surface area (TPSA) is 61.9 Å². The summed E-state index contributed by atoms with van der Waals surface area (Å²) in [4.78, 5) is 27.5. The molecule has 1 heterocycles. The van der Waals surface area contributed by atoms with Crippen molar-refractivity contribution in [1.29, 1.82) is 0 Å². The fraction of sp³-hybridized carbons (Fsp3) is 0.556. The Balaban J connectivity index is 1.73. The summed E-state index contributed by atoms with van der Waals surface area (Å²) in [6.07, 6.45) is 0.821. The summed E-state index contributed by atoms with van der Waals surface area (Å²) in [6, 6.07) is 6.57. The Morgan fingerprint density at radius 3 is 2.52 bits per heavy atom. The molecule has 1 N–H and O–H groups in total. The molecule has 1 saturated heterocycles. The first-order chi connectivity index (χ1) is 12.0. The van der Waals surface area contributed by atoms with E-state index in [9.17, 15) is 14.0 Å². The third-order valence-electron chi connectivity index (χ3n) is 4.01. The van der Waals surface area contributed by atoms with Crippen molar-refractivity contribution < 1.29 is 18.7 Å². The molecule has 25 heavy (non-hydrogen) atoms. The third kappa shape index (κ3) is 5.70. The zero-order valence-electron chi connectivity index (χ0n) is 14.8. The number of benzene rings is 1. The number of piperazine rings is 1. The van der Waals surface area contributed by atoms with Gasteiger partial charge in [-0.1, -0.05) is 12.1 Å². The molecule has 2 amide bonds. The van der Waals surface area contributed by atoms with Gasteiger partial charge in [0.2, 0.25) is 0 Å². The number of para-hydroxylation sites is 1. The minimum Gasteiger partial charge on any atom is -0.379 e. The highest BCUT2D eigenvalue weighted by Crippen LogP contribution is 2.20. The predicted octanol–water partition coefficient (Wildman–Crippen LogP) is 1.41. The number of nitrogens with one attached hydrogen (secondary N) is 1. The highest BCUT2D eigenvalue weighted by atomic mass is 19.1. The summed E-state index contributed by atoms with van der Waals surface area (Å²) in [7, 11) is 0. The third-order valence-corrected chi connectivity index (χ3v) is 4.01. The number of ether oxygens (including phenoxy) is 1. The van der Waals surface area contributed by atoms with Crippen molar-refractivity contribution in [1.82, 2.24) is 10.2 Å². The first-order valence-corrected chi connectivity index (χ1v) is 8.67. The molecule has 0 bridgehead atoms. The summed E-state index contributed by atoms with van der Waals surface area (Å²) in [5.41, 5.74) is 0.532. The Labute approximate surface area is 147 Å². The number of nitrogens with zero attached hydrogens (tertiary/aromatic N) is 2. The standard InChI is InChI=1S/C18H26FN3O3/c1-14(2)25-13-5-8-20-17(23)18(24)22-11-9-21(10-12-22)16-7-4-3-6-15(16)19/h3-4,6-7,14H,5,8-13H2,1-2H3,(H,20,23). The van der Waals surface area contributed by atoms with E-state index in [1.807, 2.05) is 18.7 Å². The van der Waals surface area contributed by atoms with Gasteiger partial charge in [-0.15, -0.1) is 0 Å². The fourth-order valence-corrected chi connectivity index (χ4v) is 2.67. The van der Waals surface area contributed by atoms with Gasteiger partial charge in [0.05, 0.1) is 11.8 Å². The van der Waals surface area contributed by atoms with Crippen LogP contribution in [0.3, 0.4) is 0 Å².